The Morgan fingerprint density at radius 1 is 1.18 bits per heavy atom. The summed E-state index contributed by atoms with van der Waals surface area (Å²) in [5, 5.41) is 0. The molecule has 4 N–H and O–H groups in total. The van der Waals surface area contributed by atoms with E-state index in [1.54, 1.807) is 6.20 Å². The summed E-state index contributed by atoms with van der Waals surface area (Å²) in [6, 6.07) is 5.84. The normalized spacial score (nSPS) is 10.2. The van der Waals surface area contributed by atoms with Crippen molar-refractivity contribution in [1.29, 1.82) is 0 Å². The van der Waals surface area contributed by atoms with Gasteiger partial charge in [0.25, 0.3) is 0 Å². The van der Waals surface area contributed by atoms with Gasteiger partial charge in [0.1, 0.15) is 0 Å². The second kappa shape index (κ2) is 2.20. The molecule has 0 aliphatic carbocycles. The Morgan fingerprint density at radius 3 is 2.64 bits per heavy atom. The van der Waals surface area contributed by atoms with Crippen molar-refractivity contribution in [2.24, 2.45) is 0 Å². The van der Waals surface area contributed by atoms with Crippen LogP contribution in [0, 0.1) is 0 Å². The third kappa shape index (κ3) is 1.00. The van der Waals surface area contributed by atoms with Gasteiger partial charge in [-0.05, 0) is 18.2 Å². The topological polar surface area (TPSA) is 57.6 Å². The van der Waals surface area contributed by atoms with E-state index in [9.17, 15) is 0 Å². The maximum absolute atomic E-state index is 5.54. The number of aromatic amines is 2. The van der Waals surface area contributed by atoms with Gasteiger partial charge in [-0.15, -0.1) is 0 Å². The Labute approximate surface area is 64.2 Å². The van der Waals surface area contributed by atoms with Crippen molar-refractivity contribution in [3.63, 3.8) is 0 Å². The Balaban J connectivity index is 2.45. The van der Waals surface area contributed by atoms with Gasteiger partial charge in [-0.3, -0.25) is 0 Å². The van der Waals surface area contributed by atoms with Gasteiger partial charge in [-0.25, -0.2) is 0 Å². The molecule has 11 heavy (non-hydrogen) atoms. The summed E-state index contributed by atoms with van der Waals surface area (Å²) < 4.78 is 0. The highest BCUT2D eigenvalue weighted by molar-refractivity contribution is 5.60. The minimum Gasteiger partial charge on any atom is -0.397 e. The molecule has 0 unspecified atom stereocenters. The van der Waals surface area contributed by atoms with Crippen LogP contribution >= 0.6 is 0 Å². The van der Waals surface area contributed by atoms with Crippen LogP contribution in [0.3, 0.4) is 0 Å². The lowest BCUT2D eigenvalue weighted by Gasteiger charge is -1.88. The number of nitrogens with one attached hydrogen (secondary N) is 2. The Kier molecular flexibility index (Phi) is 1.22. The van der Waals surface area contributed by atoms with E-state index in [0.717, 1.165) is 17.1 Å². The quantitative estimate of drug-likeness (QED) is 0.563. The van der Waals surface area contributed by atoms with Crippen molar-refractivity contribution >= 4 is 5.69 Å². The Morgan fingerprint density at radius 2 is 2.09 bits per heavy atom. The second-order valence-electron chi connectivity index (χ2n) is 2.43. The zero-order chi connectivity index (χ0) is 7.68. The van der Waals surface area contributed by atoms with Gasteiger partial charge in [-0.2, -0.15) is 0 Å². The van der Waals surface area contributed by atoms with E-state index in [1.165, 1.54) is 0 Å². The van der Waals surface area contributed by atoms with Gasteiger partial charge in [0.05, 0.1) is 11.4 Å². The molecule has 0 aromatic carbocycles. The fourth-order valence-corrected chi connectivity index (χ4v) is 1.06. The van der Waals surface area contributed by atoms with Gasteiger partial charge >= 0.3 is 0 Å². The molecule has 0 saturated heterocycles. The lowest BCUT2D eigenvalue weighted by atomic mass is 10.3. The molecular weight excluding hydrogens is 138 g/mol. The molecule has 3 heteroatoms. The fourth-order valence-electron chi connectivity index (χ4n) is 1.06. The van der Waals surface area contributed by atoms with E-state index in [0.29, 0.717) is 0 Å². The minimum atomic E-state index is 0.759. The zero-order valence-electron chi connectivity index (χ0n) is 5.96. The first kappa shape index (κ1) is 6.09. The van der Waals surface area contributed by atoms with E-state index in [4.69, 9.17) is 5.73 Å². The van der Waals surface area contributed by atoms with Crippen molar-refractivity contribution in [2.75, 3.05) is 5.73 Å². The number of H-pyrrole nitrogens is 2. The maximum atomic E-state index is 5.54. The average molecular weight is 147 g/mol. The van der Waals surface area contributed by atoms with Gasteiger partial charge in [0.2, 0.25) is 0 Å². The number of anilines is 1. The van der Waals surface area contributed by atoms with Crippen LogP contribution in [0.25, 0.3) is 11.4 Å². The summed E-state index contributed by atoms with van der Waals surface area (Å²) >= 11 is 0. The van der Waals surface area contributed by atoms with E-state index in [-0.39, 0.29) is 0 Å². The van der Waals surface area contributed by atoms with Gasteiger partial charge in [0, 0.05) is 18.1 Å². The van der Waals surface area contributed by atoms with E-state index in [1.807, 2.05) is 24.4 Å². The van der Waals surface area contributed by atoms with Crippen LogP contribution in [0.5, 0.6) is 0 Å². The predicted octanol–water partition coefficient (Wildman–Crippen LogP) is 1.59. The van der Waals surface area contributed by atoms with Crippen LogP contribution in [0.2, 0.25) is 0 Å². The lowest BCUT2D eigenvalue weighted by molar-refractivity contribution is 1.33. The van der Waals surface area contributed by atoms with Crippen LogP contribution in [0.15, 0.2) is 30.6 Å². The lowest BCUT2D eigenvalue weighted by Crippen LogP contribution is -1.76. The molecule has 56 valence electrons. The van der Waals surface area contributed by atoms with Crippen molar-refractivity contribution in [1.82, 2.24) is 9.97 Å². The van der Waals surface area contributed by atoms with Crippen LogP contribution < -0.4 is 5.73 Å². The van der Waals surface area contributed by atoms with Gasteiger partial charge < -0.3 is 15.7 Å². The average Bonchev–Trinajstić information content (AvgIpc) is 2.55. The first-order chi connectivity index (χ1) is 5.36. The third-order valence-electron chi connectivity index (χ3n) is 1.59. The highest BCUT2D eigenvalue weighted by atomic mass is 14.8. The zero-order valence-corrected chi connectivity index (χ0v) is 5.96. The minimum absolute atomic E-state index is 0.759. The van der Waals surface area contributed by atoms with Crippen molar-refractivity contribution in [3.05, 3.63) is 30.6 Å². The molecule has 0 amide bonds. The number of hydrogen-bond acceptors (Lipinski definition) is 1. The van der Waals surface area contributed by atoms with Crippen molar-refractivity contribution < 1.29 is 0 Å². The summed E-state index contributed by atoms with van der Waals surface area (Å²) in [6.45, 7) is 0. The molecule has 0 atom stereocenters. The standard InChI is InChI=1S/C8H9N3/c9-6-4-8(11-5-6)7-2-1-3-10-7/h1-5,10-11H,9H2. The molecule has 2 aromatic heterocycles. The van der Waals surface area contributed by atoms with Gasteiger partial charge in [-0.1, -0.05) is 0 Å². The van der Waals surface area contributed by atoms with E-state index < -0.39 is 0 Å². The van der Waals surface area contributed by atoms with Crippen molar-refractivity contribution in [2.45, 2.75) is 0 Å². The molecule has 2 heterocycles. The summed E-state index contributed by atoms with van der Waals surface area (Å²) in [6.07, 6.45) is 3.66. The second-order valence-corrected chi connectivity index (χ2v) is 2.43. The maximum Gasteiger partial charge on any atom is 0.0640 e. The highest BCUT2D eigenvalue weighted by Crippen LogP contribution is 2.16. The fraction of sp³-hybridized carbons (Fsp3) is 0. The van der Waals surface area contributed by atoms with Crippen LogP contribution in [0.1, 0.15) is 0 Å². The molecule has 2 aromatic rings. The van der Waals surface area contributed by atoms with Crippen molar-refractivity contribution in [3.8, 4) is 11.4 Å². The molecule has 0 saturated carbocycles. The molecular formula is C8H9N3. The van der Waals surface area contributed by atoms with Crippen LogP contribution in [-0.4, -0.2) is 9.97 Å². The summed E-state index contributed by atoms with van der Waals surface area (Å²) in [4.78, 5) is 6.13. The first-order valence-corrected chi connectivity index (χ1v) is 3.44. The number of nitrogens with two attached hydrogens (primary N) is 1. The van der Waals surface area contributed by atoms with Crippen LogP contribution in [-0.2, 0) is 0 Å². The molecule has 2 rings (SSSR count). The molecule has 0 aliphatic rings. The molecule has 0 radical (unpaired) electrons. The smallest absolute Gasteiger partial charge is 0.0640 e. The number of aromatic nitrogens is 2. The van der Waals surface area contributed by atoms with E-state index in [2.05, 4.69) is 9.97 Å². The van der Waals surface area contributed by atoms with Gasteiger partial charge in [0.15, 0.2) is 0 Å². The molecule has 0 bridgehead atoms. The monoisotopic (exact) mass is 147 g/mol. The number of rotatable bonds is 1. The molecule has 3 nitrogen and oxygen atoms in total. The largest absolute Gasteiger partial charge is 0.397 e. The number of hydrogen-bond donors (Lipinski definition) is 3. The molecule has 0 spiro atoms. The predicted molar refractivity (Wildman–Crippen MR) is 45.0 cm³/mol. The van der Waals surface area contributed by atoms with Crippen LogP contribution in [0.4, 0.5) is 5.69 Å². The molecule has 0 aliphatic heterocycles. The Hall–Kier alpha value is -1.64. The SMILES string of the molecule is Nc1c[nH]c(-c2ccc[nH]2)c1. The highest BCUT2D eigenvalue weighted by Gasteiger charge is 1.98. The molecule has 0 fully saturated rings. The summed E-state index contributed by atoms with van der Waals surface area (Å²) in [5.74, 6) is 0. The Bertz CT molecular complexity index is 332. The number of nitrogen functional groups attached to an aromatic ring is 1. The first-order valence-electron chi connectivity index (χ1n) is 3.44. The third-order valence-corrected chi connectivity index (χ3v) is 1.59. The van der Waals surface area contributed by atoms with E-state index >= 15 is 0 Å². The summed E-state index contributed by atoms with van der Waals surface area (Å²) in [5.41, 5.74) is 8.38. The summed E-state index contributed by atoms with van der Waals surface area (Å²) in [7, 11) is 0.